The van der Waals surface area contributed by atoms with E-state index in [1.54, 1.807) is 19.2 Å². The molecule has 6 nitrogen and oxygen atoms in total. The number of nitrogens with one attached hydrogen (secondary N) is 2. The molecule has 29 heavy (non-hydrogen) atoms. The predicted molar refractivity (Wildman–Crippen MR) is 119 cm³/mol. The molecular weight excluding hydrogens is 498 g/mol. The maximum atomic E-state index is 12.4. The van der Waals surface area contributed by atoms with Crippen LogP contribution < -0.4 is 15.4 Å². The Hall–Kier alpha value is -1.30. The van der Waals surface area contributed by atoms with Crippen molar-refractivity contribution >= 4 is 29.9 Å². The molecule has 0 radical (unpaired) electrons. The second-order valence-electron chi connectivity index (χ2n) is 7.10. The van der Waals surface area contributed by atoms with Gasteiger partial charge in [0.05, 0.1) is 0 Å². The number of hydrogen-bond acceptors (Lipinski definition) is 4. The summed E-state index contributed by atoms with van der Waals surface area (Å²) >= 11 is 0. The number of guanidine groups is 1. The maximum Gasteiger partial charge on any atom is 0.422 e. The lowest BCUT2D eigenvalue weighted by molar-refractivity contribution is -0.154. The molecular formula is C19H31F3IN5O. The first kappa shape index (κ1) is 25.7. The first-order valence-electron chi connectivity index (χ1n) is 9.67. The highest BCUT2D eigenvalue weighted by Gasteiger charge is 2.29. The SMILES string of the molecule is CN=C(NCCCN1CCC(C)CC1)NCc1cccnc1OCC(F)(F)F.I. The van der Waals surface area contributed by atoms with Gasteiger partial charge in [-0.25, -0.2) is 4.98 Å². The fourth-order valence-electron chi connectivity index (χ4n) is 3.03. The molecule has 0 atom stereocenters. The van der Waals surface area contributed by atoms with Crippen LogP contribution in [-0.4, -0.2) is 61.9 Å². The second kappa shape index (κ2) is 13.1. The quantitative estimate of drug-likeness (QED) is 0.234. The minimum absolute atomic E-state index is 0. The zero-order valence-corrected chi connectivity index (χ0v) is 19.3. The molecule has 0 saturated carbocycles. The number of alkyl halides is 3. The van der Waals surface area contributed by atoms with Gasteiger partial charge in [-0.15, -0.1) is 24.0 Å². The van der Waals surface area contributed by atoms with Crippen molar-refractivity contribution in [3.63, 3.8) is 0 Å². The number of aromatic nitrogens is 1. The molecule has 0 bridgehead atoms. The van der Waals surface area contributed by atoms with Gasteiger partial charge in [-0.05, 0) is 50.9 Å². The van der Waals surface area contributed by atoms with E-state index in [1.807, 2.05) is 0 Å². The van der Waals surface area contributed by atoms with Crippen molar-refractivity contribution in [1.29, 1.82) is 0 Å². The molecule has 1 aliphatic heterocycles. The van der Waals surface area contributed by atoms with Crippen molar-refractivity contribution in [2.45, 2.75) is 38.9 Å². The highest BCUT2D eigenvalue weighted by atomic mass is 127. The van der Waals surface area contributed by atoms with Gasteiger partial charge in [-0.3, -0.25) is 4.99 Å². The molecule has 2 rings (SSSR count). The zero-order valence-electron chi connectivity index (χ0n) is 17.0. The van der Waals surface area contributed by atoms with Crippen LogP contribution in [-0.2, 0) is 6.54 Å². The summed E-state index contributed by atoms with van der Waals surface area (Å²) in [6.07, 6.45) is 0.540. The molecule has 166 valence electrons. The molecule has 2 heterocycles. The van der Waals surface area contributed by atoms with E-state index in [1.165, 1.54) is 19.0 Å². The fraction of sp³-hybridized carbons (Fsp3) is 0.684. The van der Waals surface area contributed by atoms with Gasteiger partial charge in [0.15, 0.2) is 12.6 Å². The van der Waals surface area contributed by atoms with Crippen LogP contribution in [0.25, 0.3) is 0 Å². The van der Waals surface area contributed by atoms with E-state index in [0.29, 0.717) is 11.5 Å². The van der Waals surface area contributed by atoms with Crippen molar-refractivity contribution in [2.75, 3.05) is 39.8 Å². The molecule has 1 fully saturated rings. The number of aliphatic imine (C=N–C) groups is 1. The van der Waals surface area contributed by atoms with E-state index in [4.69, 9.17) is 4.74 Å². The Labute approximate surface area is 187 Å². The Morgan fingerprint density at radius 1 is 1.31 bits per heavy atom. The lowest BCUT2D eigenvalue weighted by Gasteiger charge is -2.30. The van der Waals surface area contributed by atoms with Gasteiger partial charge >= 0.3 is 6.18 Å². The molecule has 0 aliphatic carbocycles. The van der Waals surface area contributed by atoms with Crippen LogP contribution >= 0.6 is 24.0 Å². The summed E-state index contributed by atoms with van der Waals surface area (Å²) in [4.78, 5) is 10.5. The molecule has 1 aromatic rings. The Balaban J connectivity index is 0.00000420. The van der Waals surface area contributed by atoms with Crippen LogP contribution in [0.15, 0.2) is 23.3 Å². The van der Waals surface area contributed by atoms with Crippen molar-refractivity contribution < 1.29 is 17.9 Å². The van der Waals surface area contributed by atoms with Crippen LogP contribution in [0.2, 0.25) is 0 Å². The van der Waals surface area contributed by atoms with Gasteiger partial charge in [0.25, 0.3) is 0 Å². The highest BCUT2D eigenvalue weighted by molar-refractivity contribution is 14.0. The molecule has 0 unspecified atom stereocenters. The number of halogens is 4. The average molecular weight is 529 g/mol. The van der Waals surface area contributed by atoms with Gasteiger partial charge in [-0.2, -0.15) is 13.2 Å². The molecule has 0 spiro atoms. The van der Waals surface area contributed by atoms with E-state index >= 15 is 0 Å². The smallest absolute Gasteiger partial charge is 0.422 e. The minimum atomic E-state index is -4.40. The molecule has 1 aromatic heterocycles. The van der Waals surface area contributed by atoms with Crippen molar-refractivity contribution in [2.24, 2.45) is 10.9 Å². The summed E-state index contributed by atoms with van der Waals surface area (Å²) in [5, 5.41) is 6.33. The van der Waals surface area contributed by atoms with Crippen molar-refractivity contribution in [1.82, 2.24) is 20.5 Å². The second-order valence-corrected chi connectivity index (χ2v) is 7.10. The topological polar surface area (TPSA) is 61.8 Å². The molecule has 0 aromatic carbocycles. The number of rotatable bonds is 8. The summed E-state index contributed by atoms with van der Waals surface area (Å²) in [5.41, 5.74) is 0.539. The van der Waals surface area contributed by atoms with Gasteiger partial charge in [-0.1, -0.05) is 13.0 Å². The Kier molecular flexibility index (Phi) is 11.6. The number of hydrogen-bond donors (Lipinski definition) is 2. The molecule has 10 heteroatoms. The lowest BCUT2D eigenvalue weighted by atomic mass is 9.99. The Morgan fingerprint density at radius 2 is 2.03 bits per heavy atom. The lowest BCUT2D eigenvalue weighted by Crippen LogP contribution is -2.39. The summed E-state index contributed by atoms with van der Waals surface area (Å²) < 4.78 is 41.9. The monoisotopic (exact) mass is 529 g/mol. The van der Waals surface area contributed by atoms with E-state index in [2.05, 4.69) is 32.4 Å². The average Bonchev–Trinajstić information content (AvgIpc) is 2.67. The number of piperidine rings is 1. The van der Waals surface area contributed by atoms with Gasteiger partial charge in [0.1, 0.15) is 0 Å². The summed E-state index contributed by atoms with van der Waals surface area (Å²) in [7, 11) is 1.66. The largest absolute Gasteiger partial charge is 0.468 e. The number of ether oxygens (including phenoxy) is 1. The third-order valence-electron chi connectivity index (χ3n) is 4.71. The van der Waals surface area contributed by atoms with Crippen LogP contribution in [0, 0.1) is 5.92 Å². The van der Waals surface area contributed by atoms with E-state index in [-0.39, 0.29) is 36.4 Å². The fourth-order valence-corrected chi connectivity index (χ4v) is 3.03. The summed E-state index contributed by atoms with van der Waals surface area (Å²) in [5.74, 6) is 1.40. The number of likely N-dealkylation sites (tertiary alicyclic amines) is 1. The normalized spacial score (nSPS) is 16.2. The molecule has 2 N–H and O–H groups in total. The van der Waals surface area contributed by atoms with E-state index in [9.17, 15) is 13.2 Å². The first-order chi connectivity index (χ1) is 13.4. The third-order valence-corrected chi connectivity index (χ3v) is 4.71. The predicted octanol–water partition coefficient (Wildman–Crippen LogP) is 3.43. The zero-order chi connectivity index (χ0) is 20.4. The van der Waals surface area contributed by atoms with Crippen LogP contribution in [0.4, 0.5) is 13.2 Å². The molecule has 0 amide bonds. The van der Waals surface area contributed by atoms with Gasteiger partial charge in [0, 0.05) is 31.9 Å². The van der Waals surface area contributed by atoms with Gasteiger partial charge in [0.2, 0.25) is 5.88 Å². The third kappa shape index (κ3) is 10.3. The van der Waals surface area contributed by atoms with E-state index in [0.717, 1.165) is 38.5 Å². The summed E-state index contributed by atoms with van der Waals surface area (Å²) in [6, 6.07) is 3.34. The molecule has 1 aliphatic rings. The summed E-state index contributed by atoms with van der Waals surface area (Å²) in [6.45, 7) is 5.36. The number of nitrogens with zero attached hydrogens (tertiary/aromatic N) is 3. The number of pyridine rings is 1. The Morgan fingerprint density at radius 3 is 2.69 bits per heavy atom. The Bertz CT molecular complexity index is 622. The standard InChI is InChI=1S/C19H30F3N5O.HI/c1-15-6-11-27(12-7-15)10-4-9-25-18(23-2)26-13-16-5-3-8-24-17(16)28-14-19(20,21)22;/h3,5,8,15H,4,6-7,9-14H2,1-2H3,(H2,23,25,26);1H. The van der Waals surface area contributed by atoms with Crippen LogP contribution in [0.5, 0.6) is 5.88 Å². The first-order valence-corrected chi connectivity index (χ1v) is 9.67. The van der Waals surface area contributed by atoms with Gasteiger partial charge < -0.3 is 20.3 Å². The van der Waals surface area contributed by atoms with Crippen LogP contribution in [0.3, 0.4) is 0 Å². The van der Waals surface area contributed by atoms with E-state index < -0.39 is 12.8 Å². The molecule has 1 saturated heterocycles. The highest BCUT2D eigenvalue weighted by Crippen LogP contribution is 2.20. The maximum absolute atomic E-state index is 12.4. The van der Waals surface area contributed by atoms with Crippen LogP contribution in [0.1, 0.15) is 31.7 Å². The minimum Gasteiger partial charge on any atom is -0.468 e. The van der Waals surface area contributed by atoms with Crippen molar-refractivity contribution in [3.05, 3.63) is 23.9 Å². The van der Waals surface area contributed by atoms with Crippen molar-refractivity contribution in [3.8, 4) is 5.88 Å².